The van der Waals surface area contributed by atoms with Gasteiger partial charge in [0.1, 0.15) is 5.75 Å². The number of nitrogens with zero attached hydrogens (tertiary/aromatic N) is 1. The van der Waals surface area contributed by atoms with Crippen molar-refractivity contribution in [1.29, 1.82) is 0 Å². The molecule has 0 aliphatic heterocycles. The monoisotopic (exact) mass is 390 g/mol. The van der Waals surface area contributed by atoms with Gasteiger partial charge in [-0.1, -0.05) is 0 Å². The number of aromatic hydroxyl groups is 1. The zero-order valence-electron chi connectivity index (χ0n) is 9.49. The van der Waals surface area contributed by atoms with Gasteiger partial charge >= 0.3 is 0 Å². The van der Waals surface area contributed by atoms with Crippen molar-refractivity contribution in [2.45, 2.75) is 13.0 Å². The Morgan fingerprint density at radius 1 is 1.28 bits per heavy atom. The van der Waals surface area contributed by atoms with Crippen LogP contribution in [-0.2, 0) is 13.0 Å². The van der Waals surface area contributed by atoms with Crippen LogP contribution in [0.25, 0.3) is 0 Å². The summed E-state index contributed by atoms with van der Waals surface area (Å²) in [6, 6.07) is 3.83. The van der Waals surface area contributed by atoms with Gasteiger partial charge in [-0.25, -0.2) is 4.98 Å². The molecule has 0 aliphatic carbocycles. The molecule has 18 heavy (non-hydrogen) atoms. The second-order valence-corrected chi connectivity index (χ2v) is 6.24. The summed E-state index contributed by atoms with van der Waals surface area (Å²) in [5.41, 5.74) is 4.09. The first kappa shape index (κ1) is 14.0. The lowest BCUT2D eigenvalue weighted by molar-refractivity contribution is 0.468. The molecule has 0 bridgehead atoms. The average Bonchev–Trinajstić information content (AvgIpc) is 2.84. The van der Waals surface area contributed by atoms with E-state index in [4.69, 9.17) is 0 Å². The van der Waals surface area contributed by atoms with Crippen LogP contribution in [0.2, 0.25) is 0 Å². The van der Waals surface area contributed by atoms with E-state index in [-0.39, 0.29) is 5.75 Å². The molecule has 0 aliphatic rings. The van der Waals surface area contributed by atoms with Crippen molar-refractivity contribution in [3.05, 3.63) is 43.2 Å². The standard InChI is InChI=1S/C12H12Br2N2OS/c13-10-3-8(4-11(14)12(10)17)5-15-2-1-9-6-18-7-16-9/h3-4,6-7,15,17H,1-2,5H2. The Hall–Kier alpha value is -0.430. The number of aromatic nitrogens is 1. The second kappa shape index (κ2) is 6.65. The molecule has 2 aromatic rings. The molecule has 0 spiro atoms. The van der Waals surface area contributed by atoms with Gasteiger partial charge in [-0.05, 0) is 49.6 Å². The molecule has 96 valence electrons. The van der Waals surface area contributed by atoms with Gasteiger partial charge in [-0.15, -0.1) is 11.3 Å². The largest absolute Gasteiger partial charge is 0.506 e. The fraction of sp³-hybridized carbons (Fsp3) is 0.250. The van der Waals surface area contributed by atoms with E-state index in [0.717, 1.165) is 30.8 Å². The molecule has 2 rings (SSSR count). The maximum absolute atomic E-state index is 9.61. The van der Waals surface area contributed by atoms with Crippen LogP contribution < -0.4 is 5.32 Å². The first-order valence-corrected chi connectivity index (χ1v) is 7.94. The van der Waals surface area contributed by atoms with Crippen LogP contribution in [-0.4, -0.2) is 16.6 Å². The third-order valence-corrected chi connectivity index (χ3v) is 4.29. The van der Waals surface area contributed by atoms with Crippen LogP contribution >= 0.6 is 43.2 Å². The zero-order valence-corrected chi connectivity index (χ0v) is 13.5. The van der Waals surface area contributed by atoms with E-state index in [1.807, 2.05) is 17.6 Å². The number of hydrogen-bond acceptors (Lipinski definition) is 4. The second-order valence-electron chi connectivity index (χ2n) is 3.81. The number of halogens is 2. The topological polar surface area (TPSA) is 45.1 Å². The molecule has 0 unspecified atom stereocenters. The van der Waals surface area contributed by atoms with Crippen LogP contribution in [0.1, 0.15) is 11.3 Å². The molecule has 6 heteroatoms. The fourth-order valence-corrected chi connectivity index (χ4v) is 3.40. The zero-order chi connectivity index (χ0) is 13.0. The Kier molecular flexibility index (Phi) is 5.17. The van der Waals surface area contributed by atoms with Crippen molar-refractivity contribution in [2.75, 3.05) is 6.54 Å². The van der Waals surface area contributed by atoms with E-state index in [1.54, 1.807) is 11.3 Å². The molecular formula is C12H12Br2N2OS. The van der Waals surface area contributed by atoms with E-state index < -0.39 is 0 Å². The summed E-state index contributed by atoms with van der Waals surface area (Å²) in [5, 5.41) is 15.0. The smallest absolute Gasteiger partial charge is 0.143 e. The van der Waals surface area contributed by atoms with Gasteiger partial charge in [-0.2, -0.15) is 0 Å². The Labute approximate surface area is 127 Å². The van der Waals surface area contributed by atoms with Gasteiger partial charge in [0.05, 0.1) is 20.1 Å². The minimum Gasteiger partial charge on any atom is -0.506 e. The quantitative estimate of drug-likeness (QED) is 0.763. The maximum Gasteiger partial charge on any atom is 0.143 e. The van der Waals surface area contributed by atoms with Crippen molar-refractivity contribution in [3.63, 3.8) is 0 Å². The molecule has 1 heterocycles. The van der Waals surface area contributed by atoms with Crippen molar-refractivity contribution >= 4 is 43.2 Å². The minimum absolute atomic E-state index is 0.237. The summed E-state index contributed by atoms with van der Waals surface area (Å²) in [4.78, 5) is 4.23. The third kappa shape index (κ3) is 3.78. The lowest BCUT2D eigenvalue weighted by atomic mass is 10.2. The first-order valence-electron chi connectivity index (χ1n) is 5.41. The molecule has 1 aromatic carbocycles. The normalized spacial score (nSPS) is 10.8. The van der Waals surface area contributed by atoms with Gasteiger partial charge in [-0.3, -0.25) is 0 Å². The summed E-state index contributed by atoms with van der Waals surface area (Å²) >= 11 is 8.26. The third-order valence-electron chi connectivity index (χ3n) is 2.45. The SMILES string of the molecule is Oc1c(Br)cc(CNCCc2cscn2)cc1Br. The number of phenols is 1. The van der Waals surface area contributed by atoms with Crippen molar-refractivity contribution < 1.29 is 5.11 Å². The summed E-state index contributed by atoms with van der Waals surface area (Å²) in [7, 11) is 0. The lowest BCUT2D eigenvalue weighted by Gasteiger charge is -2.07. The summed E-state index contributed by atoms with van der Waals surface area (Å²) in [5.74, 6) is 0.237. The highest BCUT2D eigenvalue weighted by atomic mass is 79.9. The number of hydrogen-bond donors (Lipinski definition) is 2. The summed E-state index contributed by atoms with van der Waals surface area (Å²) < 4.78 is 1.40. The van der Waals surface area contributed by atoms with Crippen LogP contribution in [0.4, 0.5) is 0 Å². The maximum atomic E-state index is 9.61. The summed E-state index contributed by atoms with van der Waals surface area (Å²) in [6.07, 6.45) is 0.934. The van der Waals surface area contributed by atoms with E-state index in [1.165, 1.54) is 0 Å². The van der Waals surface area contributed by atoms with Gasteiger partial charge in [0.15, 0.2) is 0 Å². The molecule has 0 saturated heterocycles. The minimum atomic E-state index is 0.237. The Morgan fingerprint density at radius 2 is 2.00 bits per heavy atom. The molecule has 2 N–H and O–H groups in total. The van der Waals surface area contributed by atoms with Crippen molar-refractivity contribution in [2.24, 2.45) is 0 Å². The highest BCUT2D eigenvalue weighted by Crippen LogP contribution is 2.33. The van der Waals surface area contributed by atoms with Crippen molar-refractivity contribution in [1.82, 2.24) is 10.3 Å². The number of phenolic OH excluding ortho intramolecular Hbond substituents is 1. The van der Waals surface area contributed by atoms with E-state index in [9.17, 15) is 5.11 Å². The van der Waals surface area contributed by atoms with E-state index in [2.05, 4.69) is 47.5 Å². The molecular weight excluding hydrogens is 380 g/mol. The summed E-state index contributed by atoms with van der Waals surface area (Å²) in [6.45, 7) is 1.65. The van der Waals surface area contributed by atoms with E-state index >= 15 is 0 Å². The number of nitrogens with one attached hydrogen (secondary N) is 1. The van der Waals surface area contributed by atoms with Gasteiger partial charge in [0.2, 0.25) is 0 Å². The highest BCUT2D eigenvalue weighted by molar-refractivity contribution is 9.11. The molecule has 0 saturated carbocycles. The number of rotatable bonds is 5. The van der Waals surface area contributed by atoms with Crippen LogP contribution in [0, 0.1) is 0 Å². The van der Waals surface area contributed by atoms with Crippen LogP contribution in [0.5, 0.6) is 5.75 Å². The molecule has 3 nitrogen and oxygen atoms in total. The van der Waals surface area contributed by atoms with Gasteiger partial charge in [0, 0.05) is 24.9 Å². The lowest BCUT2D eigenvalue weighted by Crippen LogP contribution is -2.16. The van der Waals surface area contributed by atoms with E-state index in [0.29, 0.717) is 8.95 Å². The molecule has 0 atom stereocenters. The Morgan fingerprint density at radius 3 is 2.61 bits per heavy atom. The number of thiazole rings is 1. The Bertz CT molecular complexity index is 494. The average molecular weight is 392 g/mol. The van der Waals surface area contributed by atoms with Gasteiger partial charge in [0.25, 0.3) is 0 Å². The molecule has 0 fully saturated rings. The molecule has 0 amide bonds. The van der Waals surface area contributed by atoms with Crippen molar-refractivity contribution in [3.8, 4) is 5.75 Å². The van der Waals surface area contributed by atoms with Gasteiger partial charge < -0.3 is 10.4 Å². The molecule has 0 radical (unpaired) electrons. The number of benzene rings is 1. The molecule has 1 aromatic heterocycles. The highest BCUT2D eigenvalue weighted by Gasteiger charge is 2.05. The first-order chi connectivity index (χ1) is 8.66. The predicted octanol–water partition coefficient (Wildman–Crippen LogP) is 3.71. The van der Waals surface area contributed by atoms with Crippen LogP contribution in [0.3, 0.4) is 0 Å². The Balaban J connectivity index is 1.83. The van der Waals surface area contributed by atoms with Crippen LogP contribution in [0.15, 0.2) is 32.0 Å². The predicted molar refractivity (Wildman–Crippen MR) is 81.0 cm³/mol. The fourth-order valence-electron chi connectivity index (χ4n) is 1.53.